The number of hydrogen-bond acceptors (Lipinski definition) is 4. The van der Waals surface area contributed by atoms with Crippen molar-refractivity contribution in [1.29, 1.82) is 0 Å². The molecule has 0 aliphatic rings. The van der Waals surface area contributed by atoms with Crippen molar-refractivity contribution in [1.82, 2.24) is 9.61 Å². The van der Waals surface area contributed by atoms with Crippen molar-refractivity contribution in [2.75, 3.05) is 18.6 Å². The van der Waals surface area contributed by atoms with Crippen LogP contribution in [0.5, 0.6) is 5.75 Å². The van der Waals surface area contributed by atoms with Crippen LogP contribution in [0.4, 0.5) is 15.8 Å². The molecule has 0 spiro atoms. The van der Waals surface area contributed by atoms with E-state index < -0.39 is 0 Å². The van der Waals surface area contributed by atoms with Crippen LogP contribution in [0.25, 0.3) is 27.9 Å². The average molecular weight is 390 g/mol. The average Bonchev–Trinajstić information content (AvgIpc) is 2.93. The summed E-state index contributed by atoms with van der Waals surface area (Å²) < 4.78 is 20.6. The Morgan fingerprint density at radius 3 is 2.31 bits per heavy atom. The molecule has 2 aromatic heterocycles. The molecule has 4 aromatic rings. The van der Waals surface area contributed by atoms with E-state index in [0.717, 1.165) is 45.0 Å². The molecule has 0 radical (unpaired) electrons. The molecular weight excluding hydrogens is 367 g/mol. The maximum atomic E-state index is 13.3. The standard InChI is InChI=1S/C23H23FN4O/c1-12-5-10-19(29-4)13(2)20(12)23-22(26)21(25)18-11-17(14(3)27-28(18)23)15-6-8-16(24)9-7-15/h5-11H,25-26H2,1-4H3. The van der Waals surface area contributed by atoms with Crippen LogP contribution in [0.3, 0.4) is 0 Å². The van der Waals surface area contributed by atoms with E-state index in [9.17, 15) is 4.39 Å². The van der Waals surface area contributed by atoms with Gasteiger partial charge in [-0.25, -0.2) is 8.91 Å². The minimum absolute atomic E-state index is 0.279. The van der Waals surface area contributed by atoms with Gasteiger partial charge in [0.15, 0.2) is 0 Å². The molecule has 0 fully saturated rings. The zero-order chi connectivity index (χ0) is 20.9. The summed E-state index contributed by atoms with van der Waals surface area (Å²) in [7, 11) is 1.65. The zero-order valence-corrected chi connectivity index (χ0v) is 16.9. The maximum Gasteiger partial charge on any atom is 0.123 e. The molecule has 0 saturated carbocycles. The first-order valence-corrected chi connectivity index (χ1v) is 9.31. The van der Waals surface area contributed by atoms with Gasteiger partial charge in [-0.1, -0.05) is 18.2 Å². The van der Waals surface area contributed by atoms with E-state index in [2.05, 4.69) is 0 Å². The number of methoxy groups -OCH3 is 1. The number of rotatable bonds is 3. The van der Waals surface area contributed by atoms with Gasteiger partial charge in [0.25, 0.3) is 0 Å². The van der Waals surface area contributed by atoms with Gasteiger partial charge in [-0.2, -0.15) is 5.10 Å². The molecule has 4 rings (SSSR count). The van der Waals surface area contributed by atoms with E-state index in [1.165, 1.54) is 12.1 Å². The van der Waals surface area contributed by atoms with Crippen LogP contribution in [0.1, 0.15) is 16.8 Å². The van der Waals surface area contributed by atoms with E-state index in [0.29, 0.717) is 16.9 Å². The van der Waals surface area contributed by atoms with Crippen molar-refractivity contribution in [2.24, 2.45) is 0 Å². The summed E-state index contributed by atoms with van der Waals surface area (Å²) in [5.41, 5.74) is 20.8. The topological polar surface area (TPSA) is 78.6 Å². The molecule has 0 aliphatic heterocycles. The molecule has 0 saturated heterocycles. The second-order valence-corrected chi connectivity index (χ2v) is 7.21. The summed E-state index contributed by atoms with van der Waals surface area (Å²) in [6.45, 7) is 5.94. The van der Waals surface area contributed by atoms with Crippen LogP contribution >= 0.6 is 0 Å². The first-order chi connectivity index (χ1) is 13.8. The Labute approximate surface area is 168 Å². The lowest BCUT2D eigenvalue weighted by molar-refractivity contribution is 0.412. The molecule has 0 atom stereocenters. The van der Waals surface area contributed by atoms with Crippen LogP contribution in [0, 0.1) is 26.6 Å². The zero-order valence-electron chi connectivity index (χ0n) is 16.9. The highest BCUT2D eigenvalue weighted by molar-refractivity contribution is 5.97. The van der Waals surface area contributed by atoms with Gasteiger partial charge in [0.05, 0.1) is 35.4 Å². The molecule has 5 nitrogen and oxygen atoms in total. The Balaban J connectivity index is 2.03. The highest BCUT2D eigenvalue weighted by atomic mass is 19.1. The molecule has 2 aromatic carbocycles. The first-order valence-electron chi connectivity index (χ1n) is 9.31. The highest BCUT2D eigenvalue weighted by Gasteiger charge is 2.22. The molecule has 6 heteroatoms. The largest absolute Gasteiger partial charge is 0.496 e. The number of benzene rings is 2. The lowest BCUT2D eigenvalue weighted by atomic mass is 9.98. The number of ether oxygens (including phenoxy) is 1. The minimum Gasteiger partial charge on any atom is -0.496 e. The second-order valence-electron chi connectivity index (χ2n) is 7.21. The van der Waals surface area contributed by atoms with Crippen molar-refractivity contribution in [3.8, 4) is 28.1 Å². The molecule has 0 amide bonds. The van der Waals surface area contributed by atoms with Gasteiger partial charge in [0.1, 0.15) is 11.6 Å². The van der Waals surface area contributed by atoms with Gasteiger partial charge < -0.3 is 16.2 Å². The number of nitrogen functional groups attached to an aromatic ring is 2. The Morgan fingerprint density at radius 2 is 1.66 bits per heavy atom. The second kappa shape index (κ2) is 6.81. The number of anilines is 2. The lowest BCUT2D eigenvalue weighted by Gasteiger charge is -2.15. The maximum absolute atomic E-state index is 13.3. The van der Waals surface area contributed by atoms with Crippen LogP contribution < -0.4 is 16.2 Å². The van der Waals surface area contributed by atoms with E-state index in [4.69, 9.17) is 21.3 Å². The Morgan fingerprint density at radius 1 is 0.966 bits per heavy atom. The Bertz CT molecular complexity index is 1240. The van der Waals surface area contributed by atoms with Crippen molar-refractivity contribution in [2.45, 2.75) is 20.8 Å². The van der Waals surface area contributed by atoms with Crippen LogP contribution in [0.15, 0.2) is 42.5 Å². The fourth-order valence-corrected chi connectivity index (χ4v) is 3.88. The summed E-state index contributed by atoms with van der Waals surface area (Å²) in [5.74, 6) is 0.497. The van der Waals surface area contributed by atoms with Crippen LogP contribution in [-0.2, 0) is 0 Å². The summed E-state index contributed by atoms with van der Waals surface area (Å²) in [5, 5.41) is 4.79. The van der Waals surface area contributed by atoms with Crippen molar-refractivity contribution in [3.05, 3.63) is 65.1 Å². The first kappa shape index (κ1) is 18.8. The third-order valence-electron chi connectivity index (χ3n) is 5.42. The highest BCUT2D eigenvalue weighted by Crippen LogP contribution is 2.42. The predicted molar refractivity (Wildman–Crippen MR) is 116 cm³/mol. The number of nitrogens with zero attached hydrogens (tertiary/aromatic N) is 2. The van der Waals surface area contributed by atoms with Crippen molar-refractivity contribution < 1.29 is 9.13 Å². The number of hydrogen-bond donors (Lipinski definition) is 2. The summed E-state index contributed by atoms with van der Waals surface area (Å²) in [4.78, 5) is 0. The monoisotopic (exact) mass is 390 g/mol. The van der Waals surface area contributed by atoms with E-state index in [1.54, 1.807) is 23.8 Å². The van der Waals surface area contributed by atoms with Gasteiger partial charge >= 0.3 is 0 Å². The fraction of sp³-hybridized carbons (Fsp3) is 0.174. The van der Waals surface area contributed by atoms with E-state index in [-0.39, 0.29) is 5.82 Å². The van der Waals surface area contributed by atoms with E-state index in [1.807, 2.05) is 39.0 Å². The quantitative estimate of drug-likeness (QED) is 0.521. The summed E-state index contributed by atoms with van der Waals surface area (Å²) >= 11 is 0. The van der Waals surface area contributed by atoms with Gasteiger partial charge in [0, 0.05) is 16.7 Å². The molecule has 0 bridgehead atoms. The SMILES string of the molecule is COc1ccc(C)c(-c2c(N)c(N)c3cc(-c4ccc(F)cc4)c(C)nn23)c1C. The predicted octanol–water partition coefficient (Wildman–Crippen LogP) is 4.91. The van der Waals surface area contributed by atoms with Crippen LogP contribution in [-0.4, -0.2) is 16.7 Å². The third-order valence-corrected chi connectivity index (χ3v) is 5.42. The smallest absolute Gasteiger partial charge is 0.123 e. The number of halogens is 1. The van der Waals surface area contributed by atoms with E-state index >= 15 is 0 Å². The Kier molecular flexibility index (Phi) is 4.42. The van der Waals surface area contributed by atoms with Gasteiger partial charge in [-0.15, -0.1) is 0 Å². The van der Waals surface area contributed by atoms with Gasteiger partial charge in [-0.3, -0.25) is 0 Å². The fourth-order valence-electron chi connectivity index (χ4n) is 3.88. The molecule has 29 heavy (non-hydrogen) atoms. The minimum atomic E-state index is -0.279. The normalized spacial score (nSPS) is 11.2. The van der Waals surface area contributed by atoms with Gasteiger partial charge in [0.2, 0.25) is 0 Å². The molecule has 148 valence electrons. The molecule has 4 N–H and O–H groups in total. The number of fused-ring (bicyclic) bond motifs is 1. The number of aryl methyl sites for hydroxylation is 2. The molecule has 0 aliphatic carbocycles. The van der Waals surface area contributed by atoms with Crippen molar-refractivity contribution in [3.63, 3.8) is 0 Å². The molecular formula is C23H23FN4O. The van der Waals surface area contributed by atoms with Gasteiger partial charge in [-0.05, 0) is 56.2 Å². The Hall–Kier alpha value is -3.54. The summed E-state index contributed by atoms with van der Waals surface area (Å²) in [6, 6.07) is 12.2. The van der Waals surface area contributed by atoms with Crippen molar-refractivity contribution >= 4 is 16.9 Å². The van der Waals surface area contributed by atoms with Crippen LogP contribution in [0.2, 0.25) is 0 Å². The molecule has 0 unspecified atom stereocenters. The number of aromatic nitrogens is 2. The summed E-state index contributed by atoms with van der Waals surface area (Å²) in [6.07, 6.45) is 0. The molecule has 2 heterocycles. The number of nitrogens with two attached hydrogens (primary N) is 2. The lowest BCUT2D eigenvalue weighted by Crippen LogP contribution is -2.03. The third kappa shape index (κ3) is 2.88.